The zero-order valence-electron chi connectivity index (χ0n) is 18.0. The minimum atomic E-state index is -0.668. The van der Waals surface area contributed by atoms with Gasteiger partial charge in [-0.1, -0.05) is 6.92 Å². The summed E-state index contributed by atoms with van der Waals surface area (Å²) in [6.07, 6.45) is 5.14. The molecule has 0 aromatic carbocycles. The third-order valence-electron chi connectivity index (χ3n) is 6.20. The van der Waals surface area contributed by atoms with Gasteiger partial charge in [0.05, 0.1) is 11.9 Å². The van der Waals surface area contributed by atoms with E-state index in [-0.39, 0.29) is 18.0 Å². The summed E-state index contributed by atoms with van der Waals surface area (Å²) in [6.45, 7) is 5.76. The summed E-state index contributed by atoms with van der Waals surface area (Å²) in [6, 6.07) is 1.57. The highest BCUT2D eigenvalue weighted by atomic mass is 16.2. The number of anilines is 2. The first-order valence-corrected chi connectivity index (χ1v) is 10.6. The Labute approximate surface area is 177 Å². The lowest BCUT2D eigenvalue weighted by molar-refractivity contribution is -0.148. The molecule has 3 heterocycles. The fraction of sp³-hybridized carbons (Fsp3) is 0.619. The van der Waals surface area contributed by atoms with E-state index >= 15 is 0 Å². The van der Waals surface area contributed by atoms with E-state index in [9.17, 15) is 14.4 Å². The van der Waals surface area contributed by atoms with E-state index in [0.717, 1.165) is 37.8 Å². The van der Waals surface area contributed by atoms with Gasteiger partial charge in [-0.05, 0) is 56.1 Å². The largest absolute Gasteiger partial charge is 0.383 e. The maximum atomic E-state index is 13.1. The lowest BCUT2D eigenvalue weighted by Crippen LogP contribution is -2.56. The van der Waals surface area contributed by atoms with Gasteiger partial charge in [-0.15, -0.1) is 0 Å². The Balaban J connectivity index is 1.73. The molecule has 1 aromatic heterocycles. The number of hydrogen-bond donors (Lipinski definition) is 3. The molecule has 164 valence electrons. The predicted molar refractivity (Wildman–Crippen MR) is 115 cm³/mol. The average molecular weight is 417 g/mol. The van der Waals surface area contributed by atoms with Crippen molar-refractivity contribution in [1.82, 2.24) is 20.1 Å². The predicted octanol–water partition coefficient (Wildman–Crippen LogP) is 1.59. The molecular weight excluding hydrogens is 384 g/mol. The van der Waals surface area contributed by atoms with Crippen LogP contribution in [0.3, 0.4) is 0 Å². The van der Waals surface area contributed by atoms with Crippen molar-refractivity contribution in [1.29, 1.82) is 0 Å². The summed E-state index contributed by atoms with van der Waals surface area (Å²) in [5.41, 5.74) is 6.91. The zero-order valence-corrected chi connectivity index (χ0v) is 18.0. The number of nitrogens with one attached hydrogen (secondary N) is 2. The first kappa shape index (κ1) is 21.9. The Morgan fingerprint density at radius 1 is 1.20 bits per heavy atom. The quantitative estimate of drug-likeness (QED) is 0.632. The van der Waals surface area contributed by atoms with Crippen LogP contribution in [0.2, 0.25) is 0 Å². The molecule has 30 heavy (non-hydrogen) atoms. The van der Waals surface area contributed by atoms with Crippen molar-refractivity contribution in [3.05, 3.63) is 17.8 Å². The van der Waals surface area contributed by atoms with Crippen LogP contribution < -0.4 is 16.4 Å². The minimum absolute atomic E-state index is 0.0433. The summed E-state index contributed by atoms with van der Waals surface area (Å²) in [4.78, 5) is 45.5. The normalized spacial score (nSPS) is 24.3. The molecular formula is C21H32N6O3. The molecule has 0 bridgehead atoms. The fourth-order valence-corrected chi connectivity index (χ4v) is 4.53. The topological polar surface area (TPSA) is 121 Å². The Kier molecular flexibility index (Phi) is 6.79. The first-order chi connectivity index (χ1) is 14.3. The van der Waals surface area contributed by atoms with E-state index < -0.39 is 11.8 Å². The molecule has 2 aliphatic heterocycles. The van der Waals surface area contributed by atoms with Crippen LogP contribution in [-0.4, -0.2) is 65.4 Å². The Morgan fingerprint density at radius 3 is 2.67 bits per heavy atom. The molecule has 0 radical (unpaired) electrons. The van der Waals surface area contributed by atoms with Crippen molar-refractivity contribution in [2.75, 3.05) is 37.7 Å². The fourth-order valence-electron chi connectivity index (χ4n) is 4.53. The van der Waals surface area contributed by atoms with E-state index in [1.54, 1.807) is 29.8 Å². The van der Waals surface area contributed by atoms with Crippen molar-refractivity contribution in [2.45, 2.75) is 45.6 Å². The number of urea groups is 1. The molecule has 0 aliphatic carbocycles. The van der Waals surface area contributed by atoms with Gasteiger partial charge < -0.3 is 26.2 Å². The van der Waals surface area contributed by atoms with Crippen molar-refractivity contribution < 1.29 is 14.4 Å². The minimum Gasteiger partial charge on any atom is -0.383 e. The third-order valence-corrected chi connectivity index (χ3v) is 6.20. The highest BCUT2D eigenvalue weighted by molar-refractivity contribution is 6.39. The number of carbonyl (C=O) groups excluding carboxylic acids is 3. The van der Waals surface area contributed by atoms with Gasteiger partial charge in [0.25, 0.3) is 0 Å². The maximum absolute atomic E-state index is 13.1. The van der Waals surface area contributed by atoms with E-state index in [2.05, 4.69) is 22.5 Å². The van der Waals surface area contributed by atoms with Crippen molar-refractivity contribution in [2.24, 2.45) is 11.8 Å². The Morgan fingerprint density at radius 2 is 1.97 bits per heavy atom. The number of nitrogen functional groups attached to an aromatic ring is 1. The summed E-state index contributed by atoms with van der Waals surface area (Å²) < 4.78 is 0. The van der Waals surface area contributed by atoms with Gasteiger partial charge in [0.2, 0.25) is 0 Å². The number of amides is 4. The van der Waals surface area contributed by atoms with E-state index in [0.29, 0.717) is 30.5 Å². The van der Waals surface area contributed by atoms with Gasteiger partial charge in [0.1, 0.15) is 5.82 Å². The molecule has 2 saturated heterocycles. The van der Waals surface area contributed by atoms with Crippen LogP contribution in [0.5, 0.6) is 0 Å². The molecule has 2 aliphatic rings. The molecule has 0 saturated carbocycles. The molecule has 4 N–H and O–H groups in total. The van der Waals surface area contributed by atoms with Crippen LogP contribution in [-0.2, 0) is 9.59 Å². The lowest BCUT2D eigenvalue weighted by atomic mass is 9.82. The van der Waals surface area contributed by atoms with Gasteiger partial charge in [-0.3, -0.25) is 9.59 Å². The molecule has 3 rings (SSSR count). The third kappa shape index (κ3) is 4.83. The molecule has 0 spiro atoms. The van der Waals surface area contributed by atoms with E-state index in [1.165, 1.54) is 6.20 Å². The van der Waals surface area contributed by atoms with Gasteiger partial charge in [-0.2, -0.15) is 0 Å². The second kappa shape index (κ2) is 9.32. The van der Waals surface area contributed by atoms with Crippen molar-refractivity contribution >= 4 is 29.4 Å². The van der Waals surface area contributed by atoms with E-state index in [1.807, 2.05) is 0 Å². The Bertz CT molecular complexity index is 814. The summed E-state index contributed by atoms with van der Waals surface area (Å²) >= 11 is 0. The molecule has 3 atom stereocenters. The number of pyridine rings is 1. The number of aryl methyl sites for hydroxylation is 1. The van der Waals surface area contributed by atoms with Crippen molar-refractivity contribution in [3.63, 3.8) is 0 Å². The first-order valence-electron chi connectivity index (χ1n) is 10.6. The number of piperidine rings is 2. The van der Waals surface area contributed by atoms with Gasteiger partial charge >= 0.3 is 17.8 Å². The number of hydrogen-bond acceptors (Lipinski definition) is 5. The standard InChI is InChI=1S/C21H32N6O3/c1-13-6-7-17(15-5-4-8-26(12-15)21(30)23-3)27(11-13)20(29)19(28)25-16-9-14(2)18(22)24-10-16/h9-10,13,15,17H,4-8,11-12H2,1-3H3,(H2,22,24)(H,23,30)(H,25,28)/t13-,15?,17+/m0/s1. The average Bonchev–Trinajstić information content (AvgIpc) is 2.75. The van der Waals surface area contributed by atoms with Gasteiger partial charge in [0, 0.05) is 32.7 Å². The second-order valence-electron chi connectivity index (χ2n) is 8.49. The molecule has 9 heteroatoms. The van der Waals surface area contributed by atoms with Gasteiger partial charge in [-0.25, -0.2) is 9.78 Å². The number of nitrogens with zero attached hydrogens (tertiary/aromatic N) is 3. The highest BCUT2D eigenvalue weighted by Crippen LogP contribution is 2.32. The smallest absolute Gasteiger partial charge is 0.317 e. The molecule has 2 fully saturated rings. The number of aromatic nitrogens is 1. The number of likely N-dealkylation sites (tertiary alicyclic amines) is 2. The van der Waals surface area contributed by atoms with E-state index in [4.69, 9.17) is 5.73 Å². The van der Waals surface area contributed by atoms with Crippen LogP contribution in [0, 0.1) is 18.8 Å². The number of nitrogens with two attached hydrogens (primary N) is 1. The lowest BCUT2D eigenvalue weighted by Gasteiger charge is -2.45. The van der Waals surface area contributed by atoms with Crippen LogP contribution in [0.1, 0.15) is 38.2 Å². The Hall–Kier alpha value is -2.84. The zero-order chi connectivity index (χ0) is 21.8. The van der Waals surface area contributed by atoms with Crippen LogP contribution in [0.25, 0.3) is 0 Å². The van der Waals surface area contributed by atoms with Crippen molar-refractivity contribution in [3.8, 4) is 0 Å². The highest BCUT2D eigenvalue weighted by Gasteiger charge is 2.39. The summed E-state index contributed by atoms with van der Waals surface area (Å²) in [5.74, 6) is -0.308. The SMILES string of the molecule is CNC(=O)N1CCCC([C@H]2CC[C@H](C)CN2C(=O)C(=O)Nc2cnc(N)c(C)c2)C1. The maximum Gasteiger partial charge on any atom is 0.317 e. The monoisotopic (exact) mass is 416 g/mol. The van der Waals surface area contributed by atoms with Gasteiger partial charge in [0.15, 0.2) is 0 Å². The molecule has 1 aromatic rings. The molecule has 4 amide bonds. The summed E-state index contributed by atoms with van der Waals surface area (Å²) in [7, 11) is 1.63. The second-order valence-corrected chi connectivity index (χ2v) is 8.49. The van der Waals surface area contributed by atoms with Crippen LogP contribution >= 0.6 is 0 Å². The van der Waals surface area contributed by atoms with Crippen LogP contribution in [0.4, 0.5) is 16.3 Å². The number of rotatable bonds is 2. The number of carbonyl (C=O) groups is 3. The summed E-state index contributed by atoms with van der Waals surface area (Å²) in [5, 5.41) is 5.34. The van der Waals surface area contributed by atoms with Crippen LogP contribution in [0.15, 0.2) is 12.3 Å². The molecule has 9 nitrogen and oxygen atoms in total. The molecule has 1 unspecified atom stereocenters.